The fourth-order valence-electron chi connectivity index (χ4n) is 2.77. The predicted octanol–water partition coefficient (Wildman–Crippen LogP) is 3.43. The molecule has 0 radical (unpaired) electrons. The van der Waals surface area contributed by atoms with Crippen LogP contribution in [-0.4, -0.2) is 42.3 Å². The number of halogens is 2. The highest BCUT2D eigenvalue weighted by atomic mass is 35.5. The molecule has 6 nitrogen and oxygen atoms in total. The predicted molar refractivity (Wildman–Crippen MR) is 107 cm³/mol. The summed E-state index contributed by atoms with van der Waals surface area (Å²) < 4.78 is 21.4. The zero-order chi connectivity index (χ0) is 20.3. The third-order valence-electron chi connectivity index (χ3n) is 4.57. The van der Waals surface area contributed by atoms with Gasteiger partial charge in [0.2, 0.25) is 6.41 Å². The maximum absolute atomic E-state index is 14.7. The fourth-order valence-corrected chi connectivity index (χ4v) is 2.93. The first kappa shape index (κ1) is 20.2. The highest BCUT2D eigenvalue weighted by Gasteiger charge is 2.18. The summed E-state index contributed by atoms with van der Waals surface area (Å²) in [5, 5.41) is 0.285. The Morgan fingerprint density at radius 1 is 1.29 bits per heavy atom. The molecule has 28 heavy (non-hydrogen) atoms. The van der Waals surface area contributed by atoms with Gasteiger partial charge >= 0.3 is 0 Å². The zero-order valence-corrected chi connectivity index (χ0v) is 16.8. The molecule has 0 saturated carbocycles. The van der Waals surface area contributed by atoms with Gasteiger partial charge in [0, 0.05) is 29.4 Å². The smallest absolute Gasteiger partial charge is 0.219 e. The van der Waals surface area contributed by atoms with Crippen LogP contribution in [-0.2, 0) is 9.53 Å². The van der Waals surface area contributed by atoms with Crippen LogP contribution in [0.25, 0.3) is 11.3 Å². The number of morpholine rings is 1. The molecule has 0 bridgehead atoms. The number of benzene rings is 1. The molecule has 0 spiro atoms. The van der Waals surface area contributed by atoms with Gasteiger partial charge in [-0.15, -0.1) is 0 Å². The molecule has 1 fully saturated rings. The minimum absolute atomic E-state index is 0.232. The number of ether oxygens (including phenoxy) is 1. The van der Waals surface area contributed by atoms with Crippen LogP contribution in [0, 0.1) is 5.82 Å². The average molecular weight is 405 g/mol. The number of carbonyl (C=O) groups is 1. The summed E-state index contributed by atoms with van der Waals surface area (Å²) in [4.78, 5) is 23.1. The van der Waals surface area contributed by atoms with Gasteiger partial charge in [0.1, 0.15) is 17.3 Å². The second-order valence-electron chi connectivity index (χ2n) is 6.70. The van der Waals surface area contributed by atoms with Crippen molar-refractivity contribution in [3.63, 3.8) is 0 Å². The average Bonchev–Trinajstić information content (AvgIpc) is 2.68. The Balaban J connectivity index is 2.31. The first-order chi connectivity index (χ1) is 13.4. The number of hydrogen-bond donors (Lipinski definition) is 0. The second-order valence-corrected chi connectivity index (χ2v) is 7.14. The Labute approximate surface area is 167 Å². The number of rotatable bonds is 4. The van der Waals surface area contributed by atoms with Gasteiger partial charge in [-0.2, -0.15) is 0 Å². The van der Waals surface area contributed by atoms with Gasteiger partial charge in [-0.3, -0.25) is 9.36 Å². The Morgan fingerprint density at radius 2 is 2.00 bits per heavy atom. The summed E-state index contributed by atoms with van der Waals surface area (Å²) in [6.07, 6.45) is 2.27. The van der Waals surface area contributed by atoms with Gasteiger partial charge in [-0.25, -0.2) is 14.4 Å². The molecule has 8 heteroatoms. The standard InChI is InChI=1S/C20H22ClFN4O2/c1-13(2)14(3)23-20-19(16-5-4-15(21)10-17(16)22)24-18(11-26(20)12-27)25-6-8-28-9-7-25/h4-5,10-12H,6-9H2,1-3H3. The van der Waals surface area contributed by atoms with Crippen LogP contribution >= 0.6 is 11.6 Å². The van der Waals surface area contributed by atoms with Gasteiger partial charge in [0.15, 0.2) is 5.49 Å². The van der Waals surface area contributed by atoms with Crippen molar-refractivity contribution < 1.29 is 13.9 Å². The summed E-state index contributed by atoms with van der Waals surface area (Å²) in [5.74, 6) is 0.0384. The van der Waals surface area contributed by atoms with Crippen molar-refractivity contribution in [2.45, 2.75) is 20.8 Å². The molecule has 2 aromatic rings. The van der Waals surface area contributed by atoms with Crippen LogP contribution in [0.2, 0.25) is 5.02 Å². The molecule has 0 unspecified atom stereocenters. The minimum Gasteiger partial charge on any atom is -0.378 e. The van der Waals surface area contributed by atoms with E-state index in [1.165, 1.54) is 10.6 Å². The van der Waals surface area contributed by atoms with E-state index in [9.17, 15) is 9.18 Å². The van der Waals surface area contributed by atoms with Crippen LogP contribution in [0.4, 0.5) is 10.2 Å². The summed E-state index contributed by atoms with van der Waals surface area (Å²) >= 11 is 5.91. The van der Waals surface area contributed by atoms with E-state index in [2.05, 4.69) is 9.98 Å². The van der Waals surface area contributed by atoms with Gasteiger partial charge in [-0.05, 0) is 39.0 Å². The van der Waals surface area contributed by atoms with Crippen LogP contribution in [0.3, 0.4) is 0 Å². The van der Waals surface area contributed by atoms with E-state index >= 15 is 0 Å². The van der Waals surface area contributed by atoms with Crippen LogP contribution in [0.5, 0.6) is 0 Å². The van der Waals surface area contributed by atoms with Crippen molar-refractivity contribution >= 4 is 23.8 Å². The third-order valence-corrected chi connectivity index (χ3v) is 4.80. The van der Waals surface area contributed by atoms with Gasteiger partial charge in [-0.1, -0.05) is 17.2 Å². The summed E-state index contributed by atoms with van der Waals surface area (Å²) in [6.45, 7) is 8.08. The number of aromatic nitrogens is 2. The molecule has 0 aliphatic carbocycles. The van der Waals surface area contributed by atoms with Crippen molar-refractivity contribution in [1.29, 1.82) is 0 Å². The largest absolute Gasteiger partial charge is 0.378 e. The monoisotopic (exact) mass is 404 g/mol. The van der Waals surface area contributed by atoms with Crippen molar-refractivity contribution in [2.75, 3.05) is 31.2 Å². The fraction of sp³-hybridized carbons (Fsp3) is 0.350. The quantitative estimate of drug-likeness (QED) is 0.732. The van der Waals surface area contributed by atoms with E-state index in [-0.39, 0.29) is 21.8 Å². The van der Waals surface area contributed by atoms with Crippen molar-refractivity contribution in [3.8, 4) is 11.3 Å². The van der Waals surface area contributed by atoms with E-state index in [1.807, 2.05) is 25.7 Å². The summed E-state index contributed by atoms with van der Waals surface area (Å²) in [6, 6.07) is 4.36. The van der Waals surface area contributed by atoms with Gasteiger partial charge in [0.25, 0.3) is 0 Å². The summed E-state index contributed by atoms with van der Waals surface area (Å²) in [5.41, 5.74) is 2.50. The maximum Gasteiger partial charge on any atom is 0.219 e. The minimum atomic E-state index is -0.525. The zero-order valence-electron chi connectivity index (χ0n) is 16.1. The highest BCUT2D eigenvalue weighted by molar-refractivity contribution is 6.30. The Morgan fingerprint density at radius 3 is 2.61 bits per heavy atom. The molecule has 0 N–H and O–H groups in total. The van der Waals surface area contributed by atoms with E-state index < -0.39 is 5.82 Å². The van der Waals surface area contributed by atoms with Crippen molar-refractivity contribution in [2.24, 2.45) is 4.99 Å². The molecule has 1 aromatic heterocycles. The molecule has 1 aromatic carbocycles. The Bertz CT molecular complexity index is 990. The third kappa shape index (κ3) is 4.31. The molecule has 0 amide bonds. The molecule has 2 heterocycles. The van der Waals surface area contributed by atoms with Crippen molar-refractivity contribution in [1.82, 2.24) is 9.55 Å². The van der Waals surface area contributed by atoms with Gasteiger partial charge < -0.3 is 9.64 Å². The molecule has 1 saturated heterocycles. The number of nitrogens with zero attached hydrogens (tertiary/aromatic N) is 4. The molecular formula is C20H22ClFN4O2. The van der Waals surface area contributed by atoms with Crippen molar-refractivity contribution in [3.05, 3.63) is 52.0 Å². The SMILES string of the molecule is CC(C)=C(C)N=c1c(-c2ccc(Cl)cc2F)nc(N2CCOCC2)cn1C=O. The lowest BCUT2D eigenvalue weighted by molar-refractivity contribution is 0.122. The number of allylic oxidation sites excluding steroid dienone is 2. The lowest BCUT2D eigenvalue weighted by atomic mass is 10.1. The molecule has 0 atom stereocenters. The Hall–Kier alpha value is -2.51. The number of hydrogen-bond acceptors (Lipinski definition) is 5. The van der Waals surface area contributed by atoms with E-state index in [4.69, 9.17) is 16.3 Å². The summed E-state index contributed by atoms with van der Waals surface area (Å²) in [7, 11) is 0. The topological polar surface area (TPSA) is 59.7 Å². The van der Waals surface area contributed by atoms with Gasteiger partial charge in [0.05, 0.1) is 19.4 Å². The lowest BCUT2D eigenvalue weighted by Gasteiger charge is -2.28. The number of carbonyl (C=O) groups excluding carboxylic acids is 1. The number of anilines is 1. The van der Waals surface area contributed by atoms with E-state index in [0.29, 0.717) is 38.5 Å². The van der Waals surface area contributed by atoms with Crippen LogP contribution in [0.1, 0.15) is 20.8 Å². The maximum atomic E-state index is 14.7. The second kappa shape index (κ2) is 8.67. The molecule has 1 aliphatic rings. The molecule has 3 rings (SSSR count). The normalized spacial score (nSPS) is 14.9. The first-order valence-electron chi connectivity index (χ1n) is 8.96. The van der Waals surface area contributed by atoms with Crippen LogP contribution in [0.15, 0.2) is 40.7 Å². The molecular weight excluding hydrogens is 383 g/mol. The van der Waals surface area contributed by atoms with E-state index in [1.54, 1.807) is 18.3 Å². The van der Waals surface area contributed by atoms with E-state index in [0.717, 1.165) is 11.3 Å². The lowest BCUT2D eigenvalue weighted by Crippen LogP contribution is -2.38. The first-order valence-corrected chi connectivity index (χ1v) is 9.34. The highest BCUT2D eigenvalue weighted by Crippen LogP contribution is 2.24. The van der Waals surface area contributed by atoms with Crippen LogP contribution < -0.4 is 10.4 Å². The molecule has 1 aliphatic heterocycles. The Kier molecular flexibility index (Phi) is 6.26. The molecule has 148 valence electrons.